The minimum absolute atomic E-state index is 0.0541. The van der Waals surface area contributed by atoms with Crippen LogP contribution in [-0.4, -0.2) is 77.5 Å². The van der Waals surface area contributed by atoms with E-state index in [4.69, 9.17) is 21.3 Å². The summed E-state index contributed by atoms with van der Waals surface area (Å²) < 4.78 is 6.88. The molecule has 1 aliphatic rings. The fourth-order valence-electron chi connectivity index (χ4n) is 5.39. The highest BCUT2D eigenvalue weighted by atomic mass is 35.5. The van der Waals surface area contributed by atoms with Crippen molar-refractivity contribution in [2.75, 3.05) is 39.6 Å². The lowest BCUT2D eigenvalue weighted by Gasteiger charge is -2.13. The second-order valence-corrected chi connectivity index (χ2v) is 13.5. The van der Waals surface area contributed by atoms with Gasteiger partial charge in [-0.1, -0.05) is 35.6 Å². The first kappa shape index (κ1) is 35.5. The third kappa shape index (κ3) is 8.25. The Kier molecular flexibility index (Phi) is 11.3. The molecule has 0 fully saturated rings. The van der Waals surface area contributed by atoms with Crippen molar-refractivity contribution in [3.63, 3.8) is 0 Å². The summed E-state index contributed by atoms with van der Waals surface area (Å²) >= 11 is 7.86. The number of benzene rings is 2. The molecule has 5 rings (SSSR count). The topological polar surface area (TPSA) is 131 Å². The zero-order valence-electron chi connectivity index (χ0n) is 28.3. The van der Waals surface area contributed by atoms with Gasteiger partial charge in [0.25, 0.3) is 0 Å². The van der Waals surface area contributed by atoms with Crippen molar-refractivity contribution >= 4 is 52.1 Å². The van der Waals surface area contributed by atoms with Gasteiger partial charge in [0.15, 0.2) is 5.82 Å². The number of nitrogens with zero attached hydrogens (tertiary/aromatic N) is 5. The second kappa shape index (κ2) is 15.6. The summed E-state index contributed by atoms with van der Waals surface area (Å²) in [6, 6.07) is 11.8. The van der Waals surface area contributed by atoms with E-state index in [0.717, 1.165) is 27.4 Å². The number of anilines is 1. The predicted molar refractivity (Wildman–Crippen MR) is 192 cm³/mol. The van der Waals surface area contributed by atoms with Crippen LogP contribution in [0.1, 0.15) is 74.4 Å². The van der Waals surface area contributed by atoms with E-state index in [0.29, 0.717) is 53.0 Å². The van der Waals surface area contributed by atoms with Crippen molar-refractivity contribution < 1.29 is 19.1 Å². The van der Waals surface area contributed by atoms with Gasteiger partial charge in [0.05, 0.1) is 31.4 Å². The number of halogens is 1. The SMILES string of the molecule is COC(=O)c1ccc(NC(=O)CCCNC(=O)C[C@@H]2N=C(c3ccc(Cl)cc3)c3c(sc(C)c3C)-n3c(C)nnc32)cc1C#CCN(C)C. The standard InChI is InChI=1S/C36H38ClN7O4S/c1-21-22(2)49-35-32(21)33(24-11-13-26(37)14-12-24)40-29(34-42-41-23(3)44(34)35)20-31(46)38-17-7-10-30(45)39-27-15-16-28(36(47)48-6)25(19-27)9-8-18-43(4)5/h11-16,19,29H,7,10,17-18,20H2,1-6H3,(H,38,46)(H,39,45)/t29-/m0/s1. The number of carbonyl (C=O) groups is 3. The number of carbonyl (C=O) groups excluding carboxylic acids is 3. The number of rotatable bonds is 10. The number of esters is 1. The lowest BCUT2D eigenvalue weighted by atomic mass is 9.99. The van der Waals surface area contributed by atoms with Crippen LogP contribution in [0.4, 0.5) is 5.69 Å². The largest absolute Gasteiger partial charge is 0.465 e. The summed E-state index contributed by atoms with van der Waals surface area (Å²) in [5.41, 5.74) is 5.08. The average molecular weight is 700 g/mol. The van der Waals surface area contributed by atoms with Crippen LogP contribution in [0.2, 0.25) is 5.02 Å². The van der Waals surface area contributed by atoms with E-state index in [1.54, 1.807) is 29.5 Å². The molecule has 0 saturated heterocycles. The number of hydrogen-bond donors (Lipinski definition) is 2. The van der Waals surface area contributed by atoms with Crippen LogP contribution in [0.15, 0.2) is 47.5 Å². The lowest BCUT2D eigenvalue weighted by molar-refractivity contribution is -0.122. The summed E-state index contributed by atoms with van der Waals surface area (Å²) in [7, 11) is 5.10. The van der Waals surface area contributed by atoms with Gasteiger partial charge in [-0.25, -0.2) is 4.79 Å². The van der Waals surface area contributed by atoms with Crippen LogP contribution in [0.25, 0.3) is 5.00 Å². The summed E-state index contributed by atoms with van der Waals surface area (Å²) in [5.74, 6) is 6.37. The third-order valence-corrected chi connectivity index (χ3v) is 9.41. The molecular formula is C36H38ClN7O4S. The van der Waals surface area contributed by atoms with E-state index in [1.807, 2.05) is 54.8 Å². The zero-order chi connectivity index (χ0) is 35.2. The van der Waals surface area contributed by atoms with Gasteiger partial charge >= 0.3 is 5.97 Å². The van der Waals surface area contributed by atoms with Crippen molar-refractivity contribution in [1.82, 2.24) is 25.0 Å². The molecule has 2 amide bonds. The first-order valence-corrected chi connectivity index (χ1v) is 16.9. The maximum absolute atomic E-state index is 13.3. The number of aromatic nitrogens is 3. The molecule has 0 unspecified atom stereocenters. The average Bonchev–Trinajstić information content (AvgIpc) is 3.54. The number of amides is 2. The highest BCUT2D eigenvalue weighted by Crippen LogP contribution is 2.39. The summed E-state index contributed by atoms with van der Waals surface area (Å²) in [4.78, 5) is 46.5. The Morgan fingerprint density at radius 1 is 1.06 bits per heavy atom. The van der Waals surface area contributed by atoms with Crippen LogP contribution in [0.3, 0.4) is 0 Å². The molecule has 2 aromatic carbocycles. The Labute approximate surface area is 294 Å². The van der Waals surface area contributed by atoms with Gasteiger partial charge in [0.2, 0.25) is 11.8 Å². The van der Waals surface area contributed by atoms with Crippen molar-refractivity contribution in [3.05, 3.63) is 91.8 Å². The van der Waals surface area contributed by atoms with Gasteiger partial charge in [0, 0.05) is 45.2 Å². The zero-order valence-corrected chi connectivity index (χ0v) is 29.9. The van der Waals surface area contributed by atoms with E-state index < -0.39 is 12.0 Å². The molecule has 0 radical (unpaired) electrons. The van der Waals surface area contributed by atoms with E-state index in [-0.39, 0.29) is 24.7 Å². The van der Waals surface area contributed by atoms with Crippen LogP contribution in [-0.2, 0) is 14.3 Å². The molecule has 0 spiro atoms. The number of methoxy groups -OCH3 is 1. The summed E-state index contributed by atoms with van der Waals surface area (Å²) in [6.07, 6.45) is 0.649. The normalized spacial score (nSPS) is 13.4. The molecule has 0 saturated carbocycles. The fourth-order valence-corrected chi connectivity index (χ4v) is 6.73. The van der Waals surface area contributed by atoms with Gasteiger partial charge in [-0.3, -0.25) is 24.0 Å². The Hall–Kier alpha value is -4.83. The van der Waals surface area contributed by atoms with E-state index >= 15 is 0 Å². The quantitative estimate of drug-likeness (QED) is 0.128. The molecule has 1 atom stereocenters. The monoisotopic (exact) mass is 699 g/mol. The van der Waals surface area contributed by atoms with E-state index in [1.165, 1.54) is 12.0 Å². The smallest absolute Gasteiger partial charge is 0.339 e. The first-order chi connectivity index (χ1) is 23.5. The molecule has 49 heavy (non-hydrogen) atoms. The number of hydrogen-bond acceptors (Lipinski definition) is 9. The number of fused-ring (bicyclic) bond motifs is 3. The number of thiophene rings is 1. The van der Waals surface area contributed by atoms with Gasteiger partial charge < -0.3 is 15.4 Å². The summed E-state index contributed by atoms with van der Waals surface area (Å²) in [6.45, 7) is 6.86. The van der Waals surface area contributed by atoms with Crippen LogP contribution < -0.4 is 10.6 Å². The van der Waals surface area contributed by atoms with Crippen LogP contribution in [0, 0.1) is 32.6 Å². The minimum Gasteiger partial charge on any atom is -0.465 e. The fraction of sp³-hybridized carbons (Fsp3) is 0.333. The predicted octanol–water partition coefficient (Wildman–Crippen LogP) is 5.42. The number of aliphatic imine (C=N–C) groups is 1. The maximum atomic E-state index is 13.3. The molecular weight excluding hydrogens is 662 g/mol. The number of ether oxygens (including phenoxy) is 1. The molecule has 0 aliphatic carbocycles. The van der Waals surface area contributed by atoms with Crippen molar-refractivity contribution in [2.24, 2.45) is 4.99 Å². The lowest BCUT2D eigenvalue weighted by Crippen LogP contribution is -2.27. The minimum atomic E-state index is -0.586. The van der Waals surface area contributed by atoms with Crippen molar-refractivity contribution in [3.8, 4) is 16.8 Å². The molecule has 11 nitrogen and oxygen atoms in total. The Bertz CT molecular complexity index is 1990. The Balaban J connectivity index is 1.24. The summed E-state index contributed by atoms with van der Waals surface area (Å²) in [5, 5.41) is 16.2. The molecule has 4 aromatic rings. The second-order valence-electron chi connectivity index (χ2n) is 11.9. The van der Waals surface area contributed by atoms with Gasteiger partial charge in [-0.15, -0.1) is 21.5 Å². The number of nitrogens with one attached hydrogen (secondary N) is 2. The number of aryl methyl sites for hydroxylation is 2. The molecule has 254 valence electrons. The van der Waals surface area contributed by atoms with E-state index in [9.17, 15) is 14.4 Å². The highest BCUT2D eigenvalue weighted by Gasteiger charge is 2.32. The molecule has 0 bridgehead atoms. The maximum Gasteiger partial charge on any atom is 0.339 e. The van der Waals surface area contributed by atoms with Crippen LogP contribution in [0.5, 0.6) is 0 Å². The molecule has 2 N–H and O–H groups in total. The Morgan fingerprint density at radius 3 is 2.53 bits per heavy atom. The van der Waals surface area contributed by atoms with E-state index in [2.05, 4.69) is 46.5 Å². The third-order valence-electron chi connectivity index (χ3n) is 7.97. The Morgan fingerprint density at radius 2 is 1.82 bits per heavy atom. The molecule has 13 heteroatoms. The first-order valence-electron chi connectivity index (χ1n) is 15.8. The van der Waals surface area contributed by atoms with Crippen molar-refractivity contribution in [2.45, 2.75) is 46.1 Å². The van der Waals surface area contributed by atoms with Gasteiger partial charge in [-0.05, 0) is 77.2 Å². The highest BCUT2D eigenvalue weighted by molar-refractivity contribution is 7.15. The molecule has 2 aromatic heterocycles. The van der Waals surface area contributed by atoms with Crippen LogP contribution >= 0.6 is 22.9 Å². The van der Waals surface area contributed by atoms with Gasteiger partial charge in [0.1, 0.15) is 16.9 Å². The molecule has 1 aliphatic heterocycles. The van der Waals surface area contributed by atoms with Gasteiger partial charge in [-0.2, -0.15) is 0 Å². The van der Waals surface area contributed by atoms with Crippen molar-refractivity contribution in [1.29, 1.82) is 0 Å². The molecule has 3 heterocycles.